The molecule has 1 saturated heterocycles. The van der Waals surface area contributed by atoms with Crippen molar-refractivity contribution >= 4 is 29.7 Å². The molecule has 3 rings (SSSR count). The normalized spacial score (nSPS) is 14.2. The molecule has 136 valence electrons. The van der Waals surface area contributed by atoms with Crippen molar-refractivity contribution < 1.29 is 9.59 Å². The van der Waals surface area contributed by atoms with Crippen LogP contribution in [-0.4, -0.2) is 65.0 Å². The Labute approximate surface area is 157 Å². The lowest BCUT2D eigenvalue weighted by molar-refractivity contribution is -0.119. The molecule has 1 aromatic heterocycles. The first kappa shape index (κ1) is 18.1. The Hall–Kier alpha value is -2.67. The van der Waals surface area contributed by atoms with Gasteiger partial charge in [-0.25, -0.2) is 0 Å². The van der Waals surface area contributed by atoms with Gasteiger partial charge in [0.2, 0.25) is 6.41 Å². The lowest BCUT2D eigenvalue weighted by atomic mass is 10.1. The van der Waals surface area contributed by atoms with E-state index in [0.717, 1.165) is 17.9 Å². The van der Waals surface area contributed by atoms with E-state index in [4.69, 9.17) is 11.6 Å². The van der Waals surface area contributed by atoms with E-state index in [1.807, 2.05) is 24.3 Å². The zero-order chi connectivity index (χ0) is 18.4. The third kappa shape index (κ3) is 4.70. The van der Waals surface area contributed by atoms with Crippen LogP contribution in [0.1, 0.15) is 16.1 Å². The molecule has 0 bridgehead atoms. The number of amides is 2. The van der Waals surface area contributed by atoms with Crippen LogP contribution in [0.2, 0.25) is 5.02 Å². The van der Waals surface area contributed by atoms with Gasteiger partial charge in [-0.3, -0.25) is 9.59 Å². The van der Waals surface area contributed by atoms with Crippen LogP contribution >= 0.6 is 11.6 Å². The van der Waals surface area contributed by atoms with Crippen molar-refractivity contribution in [2.75, 3.05) is 38.0 Å². The van der Waals surface area contributed by atoms with Gasteiger partial charge in [0, 0.05) is 37.7 Å². The van der Waals surface area contributed by atoms with Gasteiger partial charge in [0.25, 0.3) is 5.91 Å². The minimum absolute atomic E-state index is 0.157. The summed E-state index contributed by atoms with van der Waals surface area (Å²) in [5, 5.41) is 12.0. The van der Waals surface area contributed by atoms with Crippen LogP contribution < -0.4 is 5.32 Å². The average Bonchev–Trinajstić information content (AvgIpc) is 2.69. The number of rotatable bonds is 6. The Morgan fingerprint density at radius 3 is 2.42 bits per heavy atom. The molecule has 8 heteroatoms. The van der Waals surface area contributed by atoms with Crippen molar-refractivity contribution in [1.29, 1.82) is 0 Å². The highest BCUT2D eigenvalue weighted by molar-refractivity contribution is 6.30. The molecule has 0 saturated carbocycles. The van der Waals surface area contributed by atoms with E-state index >= 15 is 0 Å². The molecule has 0 atom stereocenters. The topological polar surface area (TPSA) is 78.4 Å². The molecule has 0 aliphatic carbocycles. The van der Waals surface area contributed by atoms with Crippen molar-refractivity contribution in [3.63, 3.8) is 0 Å². The highest BCUT2D eigenvalue weighted by Gasteiger charge is 2.22. The molecule has 1 aromatic carbocycles. The fourth-order valence-corrected chi connectivity index (χ4v) is 2.84. The first-order chi connectivity index (χ1) is 12.7. The highest BCUT2D eigenvalue weighted by Crippen LogP contribution is 2.11. The first-order valence-corrected chi connectivity index (χ1v) is 8.84. The Balaban J connectivity index is 1.49. The second-order valence-electron chi connectivity index (χ2n) is 6.04. The van der Waals surface area contributed by atoms with E-state index in [1.165, 1.54) is 5.56 Å². The average molecular weight is 374 g/mol. The predicted octanol–water partition coefficient (Wildman–Crippen LogP) is 1.70. The Bertz CT molecular complexity index is 743. The molecule has 1 aliphatic heterocycles. The number of halogens is 1. The Morgan fingerprint density at radius 2 is 1.81 bits per heavy atom. The van der Waals surface area contributed by atoms with E-state index in [9.17, 15) is 9.59 Å². The van der Waals surface area contributed by atoms with Gasteiger partial charge in [-0.1, -0.05) is 23.7 Å². The molecule has 7 nitrogen and oxygen atoms in total. The number of hydrogen-bond donors (Lipinski definition) is 1. The van der Waals surface area contributed by atoms with Crippen molar-refractivity contribution in [3.05, 3.63) is 52.7 Å². The van der Waals surface area contributed by atoms with Crippen molar-refractivity contribution in [1.82, 2.24) is 20.0 Å². The molecular formula is C18H20ClN5O2. The van der Waals surface area contributed by atoms with E-state index in [-0.39, 0.29) is 5.91 Å². The molecule has 1 aliphatic rings. The molecule has 0 unspecified atom stereocenters. The van der Waals surface area contributed by atoms with Gasteiger partial charge >= 0.3 is 0 Å². The van der Waals surface area contributed by atoms with E-state index < -0.39 is 0 Å². The number of carbonyl (C=O) groups excluding carboxylic acids is 2. The SMILES string of the molecule is O=CN1CCN(C(=O)c2ccc(NCCc3ccc(Cl)cc3)nn2)CC1. The quantitative estimate of drug-likeness (QED) is 0.780. The van der Waals surface area contributed by atoms with Crippen LogP contribution in [-0.2, 0) is 11.2 Å². The van der Waals surface area contributed by atoms with Gasteiger partial charge in [-0.15, -0.1) is 10.2 Å². The molecule has 0 radical (unpaired) electrons. The number of hydrogen-bond acceptors (Lipinski definition) is 5. The second kappa shape index (κ2) is 8.62. The fraction of sp³-hybridized carbons (Fsp3) is 0.333. The van der Waals surface area contributed by atoms with Gasteiger partial charge in [0.1, 0.15) is 5.82 Å². The summed E-state index contributed by atoms with van der Waals surface area (Å²) < 4.78 is 0. The molecule has 26 heavy (non-hydrogen) atoms. The van der Waals surface area contributed by atoms with Crippen molar-refractivity contribution in [2.24, 2.45) is 0 Å². The summed E-state index contributed by atoms with van der Waals surface area (Å²) in [6.45, 7) is 2.83. The third-order valence-corrected chi connectivity index (χ3v) is 4.52. The molecule has 2 amide bonds. The number of benzene rings is 1. The fourth-order valence-electron chi connectivity index (χ4n) is 2.72. The monoisotopic (exact) mass is 373 g/mol. The standard InChI is InChI=1S/C18H20ClN5O2/c19-15-3-1-14(2-4-15)7-8-20-17-6-5-16(21-22-17)18(26)24-11-9-23(13-25)10-12-24/h1-6,13H,7-12H2,(H,20,22). The van der Waals surface area contributed by atoms with E-state index in [1.54, 1.807) is 21.9 Å². The molecule has 0 spiro atoms. The summed E-state index contributed by atoms with van der Waals surface area (Å²) in [6, 6.07) is 11.1. The van der Waals surface area contributed by atoms with E-state index in [0.29, 0.717) is 44.2 Å². The number of piperazine rings is 1. The zero-order valence-electron chi connectivity index (χ0n) is 14.3. The largest absolute Gasteiger partial charge is 0.368 e. The molecule has 2 aromatic rings. The number of anilines is 1. The Morgan fingerprint density at radius 1 is 1.08 bits per heavy atom. The summed E-state index contributed by atoms with van der Waals surface area (Å²) in [5.41, 5.74) is 1.49. The predicted molar refractivity (Wildman–Crippen MR) is 99.2 cm³/mol. The molecule has 1 fully saturated rings. The smallest absolute Gasteiger partial charge is 0.274 e. The van der Waals surface area contributed by atoms with Crippen LogP contribution in [0.25, 0.3) is 0 Å². The van der Waals surface area contributed by atoms with Gasteiger partial charge in [0.05, 0.1) is 0 Å². The number of nitrogens with one attached hydrogen (secondary N) is 1. The molecule has 1 N–H and O–H groups in total. The van der Waals surface area contributed by atoms with Crippen LogP contribution in [0.5, 0.6) is 0 Å². The summed E-state index contributed by atoms with van der Waals surface area (Å²) in [4.78, 5) is 26.5. The van der Waals surface area contributed by atoms with Gasteiger partial charge < -0.3 is 15.1 Å². The number of aromatic nitrogens is 2. The minimum atomic E-state index is -0.157. The van der Waals surface area contributed by atoms with Gasteiger partial charge in [-0.2, -0.15) is 0 Å². The maximum atomic E-state index is 12.4. The highest BCUT2D eigenvalue weighted by atomic mass is 35.5. The number of carbonyl (C=O) groups is 2. The lowest BCUT2D eigenvalue weighted by Crippen LogP contribution is -2.48. The molecule has 2 heterocycles. The van der Waals surface area contributed by atoms with Gasteiger partial charge in [0.15, 0.2) is 5.69 Å². The van der Waals surface area contributed by atoms with E-state index in [2.05, 4.69) is 15.5 Å². The maximum Gasteiger partial charge on any atom is 0.274 e. The minimum Gasteiger partial charge on any atom is -0.368 e. The second-order valence-corrected chi connectivity index (χ2v) is 6.48. The summed E-state index contributed by atoms with van der Waals surface area (Å²) in [5.74, 6) is 0.469. The van der Waals surface area contributed by atoms with Gasteiger partial charge in [-0.05, 0) is 36.2 Å². The molecular weight excluding hydrogens is 354 g/mol. The van der Waals surface area contributed by atoms with Crippen LogP contribution in [0.15, 0.2) is 36.4 Å². The third-order valence-electron chi connectivity index (χ3n) is 4.27. The summed E-state index contributed by atoms with van der Waals surface area (Å²) in [6.07, 6.45) is 1.65. The van der Waals surface area contributed by atoms with Crippen molar-refractivity contribution in [2.45, 2.75) is 6.42 Å². The first-order valence-electron chi connectivity index (χ1n) is 8.46. The maximum absolute atomic E-state index is 12.4. The van der Waals surface area contributed by atoms with Crippen LogP contribution in [0.3, 0.4) is 0 Å². The van der Waals surface area contributed by atoms with Crippen LogP contribution in [0, 0.1) is 0 Å². The zero-order valence-corrected chi connectivity index (χ0v) is 15.0. The van der Waals surface area contributed by atoms with Crippen LogP contribution in [0.4, 0.5) is 5.82 Å². The van der Waals surface area contributed by atoms with Crippen molar-refractivity contribution in [3.8, 4) is 0 Å². The Kier molecular flexibility index (Phi) is 6.01. The lowest BCUT2D eigenvalue weighted by Gasteiger charge is -2.32. The number of nitrogens with zero attached hydrogens (tertiary/aromatic N) is 4. The summed E-state index contributed by atoms with van der Waals surface area (Å²) in [7, 11) is 0. The summed E-state index contributed by atoms with van der Waals surface area (Å²) >= 11 is 5.87.